The zero-order chi connectivity index (χ0) is 22.0. The summed E-state index contributed by atoms with van der Waals surface area (Å²) in [6.07, 6.45) is -10.1. The van der Waals surface area contributed by atoms with Gasteiger partial charge in [0.15, 0.2) is 5.75 Å². The Morgan fingerprint density at radius 1 is 1.07 bits per heavy atom. The van der Waals surface area contributed by atoms with Crippen LogP contribution >= 0.6 is 11.8 Å². The van der Waals surface area contributed by atoms with Gasteiger partial charge in [0.05, 0.1) is 17.6 Å². The third kappa shape index (κ3) is 4.85. The molecule has 1 aromatic rings. The van der Waals surface area contributed by atoms with Gasteiger partial charge in [0.1, 0.15) is 41.4 Å². The average molecular weight is 449 g/mol. The quantitative estimate of drug-likeness (QED) is 0.213. The highest BCUT2D eigenvalue weighted by Gasteiger charge is 2.47. The van der Waals surface area contributed by atoms with E-state index in [0.717, 1.165) is 11.8 Å². The minimum atomic E-state index is -1.58. The summed E-state index contributed by atoms with van der Waals surface area (Å²) in [6.45, 7) is -0.599. The van der Waals surface area contributed by atoms with E-state index < -0.39 is 65.3 Å². The first kappa shape index (κ1) is 23.1. The fourth-order valence-corrected chi connectivity index (χ4v) is 4.46. The van der Waals surface area contributed by atoms with Crippen molar-refractivity contribution < 1.29 is 49.8 Å². The first-order valence-electron chi connectivity index (χ1n) is 9.10. The number of aliphatic hydroxyl groups excluding tert-OH is 6. The molecule has 12 nitrogen and oxygen atoms in total. The highest BCUT2D eigenvalue weighted by Crippen LogP contribution is 2.37. The van der Waals surface area contributed by atoms with Gasteiger partial charge < -0.3 is 44.8 Å². The number of aliphatic hydroxyl groups is 6. The summed E-state index contributed by atoms with van der Waals surface area (Å²) < 4.78 is 16.4. The van der Waals surface area contributed by atoms with Crippen LogP contribution in [-0.2, 0) is 9.47 Å². The van der Waals surface area contributed by atoms with E-state index in [1.165, 1.54) is 24.3 Å². The molecule has 0 aliphatic carbocycles. The summed E-state index contributed by atoms with van der Waals surface area (Å²) in [5.41, 5.74) is -2.39. The van der Waals surface area contributed by atoms with Crippen LogP contribution in [0.5, 0.6) is 5.75 Å². The van der Waals surface area contributed by atoms with Crippen molar-refractivity contribution in [2.24, 2.45) is 0 Å². The van der Waals surface area contributed by atoms with Gasteiger partial charge in [-0.05, 0) is 6.07 Å². The Labute approximate surface area is 174 Å². The largest absolute Gasteiger partial charge is 0.455 e. The number of para-hydroxylation sites is 2. The fourth-order valence-electron chi connectivity index (χ4n) is 3.15. The third-order valence-electron chi connectivity index (χ3n) is 4.83. The Bertz CT molecular complexity index is 737. The van der Waals surface area contributed by atoms with Gasteiger partial charge in [-0.25, -0.2) is 0 Å². The van der Waals surface area contributed by atoms with Gasteiger partial charge >= 0.3 is 5.69 Å². The van der Waals surface area contributed by atoms with Crippen molar-refractivity contribution in [3.05, 3.63) is 34.4 Å². The number of benzene rings is 1. The summed E-state index contributed by atoms with van der Waals surface area (Å²) in [7, 11) is 0. The molecule has 0 saturated carbocycles. The van der Waals surface area contributed by atoms with E-state index in [1.54, 1.807) is 0 Å². The SMILES string of the molecule is O=[N+]([O-])c1ccccc1OC1O[C@@H](S[C@H]2O[C@@H](CO)[C@@H](O)[C@@H](O)[C@@H]2O)C[C@H](O)[C@@H]1O. The smallest absolute Gasteiger partial charge is 0.311 e. The lowest BCUT2D eigenvalue weighted by Crippen LogP contribution is -2.58. The van der Waals surface area contributed by atoms with E-state index in [2.05, 4.69) is 0 Å². The van der Waals surface area contributed by atoms with Crippen LogP contribution in [-0.4, -0.2) is 96.0 Å². The summed E-state index contributed by atoms with van der Waals surface area (Å²) in [5.74, 6) is -0.169. The van der Waals surface area contributed by atoms with E-state index in [9.17, 15) is 40.8 Å². The van der Waals surface area contributed by atoms with Crippen molar-refractivity contribution in [1.82, 2.24) is 0 Å². The zero-order valence-electron chi connectivity index (χ0n) is 15.5. The number of nitrogens with zero attached hydrogens (tertiary/aromatic N) is 1. The van der Waals surface area contributed by atoms with Crippen molar-refractivity contribution in [2.75, 3.05) is 6.61 Å². The molecule has 2 aliphatic heterocycles. The maximum atomic E-state index is 11.1. The minimum absolute atomic E-state index is 0.0996. The van der Waals surface area contributed by atoms with Crippen molar-refractivity contribution in [2.45, 2.75) is 60.2 Å². The van der Waals surface area contributed by atoms with Crippen molar-refractivity contribution in [1.29, 1.82) is 0 Å². The molecule has 2 fully saturated rings. The predicted molar refractivity (Wildman–Crippen MR) is 100 cm³/mol. The van der Waals surface area contributed by atoms with E-state index in [4.69, 9.17) is 14.2 Å². The number of thioether (sulfide) groups is 1. The van der Waals surface area contributed by atoms with E-state index >= 15 is 0 Å². The van der Waals surface area contributed by atoms with Gasteiger partial charge in [0.25, 0.3) is 0 Å². The number of hydrogen-bond acceptors (Lipinski definition) is 12. The standard InChI is InChI=1S/C17H23NO11S/c19-6-10-13(22)14(23)15(24)17(28-10)30-11-5-8(20)12(21)16(29-11)27-9-4-2-1-3-7(9)18(25)26/h1-4,8,10-17,19-24H,5-6H2/t8-,10-,11-,12-,13+,14+,15-,16?,17+/m0/s1. The summed E-state index contributed by atoms with van der Waals surface area (Å²) in [5, 5.41) is 70.7. The molecule has 13 heteroatoms. The van der Waals surface area contributed by atoms with Crippen LogP contribution in [0.25, 0.3) is 0 Å². The van der Waals surface area contributed by atoms with Crippen LogP contribution in [0.4, 0.5) is 5.69 Å². The van der Waals surface area contributed by atoms with Gasteiger partial charge in [-0.3, -0.25) is 10.1 Å². The molecule has 0 bridgehead atoms. The molecule has 1 unspecified atom stereocenters. The van der Waals surface area contributed by atoms with Crippen LogP contribution in [0.3, 0.4) is 0 Å². The molecule has 9 atom stereocenters. The number of ether oxygens (including phenoxy) is 3. The number of nitro benzene ring substituents is 1. The molecule has 2 aliphatic rings. The molecule has 30 heavy (non-hydrogen) atoms. The Morgan fingerprint density at radius 3 is 2.43 bits per heavy atom. The molecule has 2 heterocycles. The Hall–Kier alpha value is -1.55. The van der Waals surface area contributed by atoms with Gasteiger partial charge in [-0.2, -0.15) is 0 Å². The lowest BCUT2D eigenvalue weighted by atomic mass is 10.0. The van der Waals surface area contributed by atoms with E-state index in [-0.39, 0.29) is 17.9 Å². The van der Waals surface area contributed by atoms with Crippen LogP contribution < -0.4 is 4.74 Å². The first-order valence-corrected chi connectivity index (χ1v) is 10.0. The van der Waals surface area contributed by atoms with Crippen LogP contribution in [0.15, 0.2) is 24.3 Å². The second-order valence-electron chi connectivity index (χ2n) is 6.90. The second kappa shape index (κ2) is 9.72. The van der Waals surface area contributed by atoms with Crippen molar-refractivity contribution in [3.63, 3.8) is 0 Å². The van der Waals surface area contributed by atoms with Gasteiger partial charge in [0, 0.05) is 12.5 Å². The fraction of sp³-hybridized carbons (Fsp3) is 0.647. The molecule has 0 amide bonds. The zero-order valence-corrected chi connectivity index (χ0v) is 16.3. The normalized spacial score (nSPS) is 39.5. The molecule has 6 N–H and O–H groups in total. The number of hydrogen-bond donors (Lipinski definition) is 6. The molecule has 0 spiro atoms. The second-order valence-corrected chi connectivity index (χ2v) is 8.17. The number of rotatable bonds is 6. The highest BCUT2D eigenvalue weighted by molar-refractivity contribution is 8.00. The topological polar surface area (TPSA) is 192 Å². The van der Waals surface area contributed by atoms with Crippen LogP contribution in [0, 0.1) is 10.1 Å². The predicted octanol–water partition coefficient (Wildman–Crippen LogP) is -1.70. The highest BCUT2D eigenvalue weighted by atomic mass is 32.2. The lowest BCUT2D eigenvalue weighted by molar-refractivity contribution is -0.386. The monoisotopic (exact) mass is 449 g/mol. The van der Waals surface area contributed by atoms with Gasteiger partial charge in [-0.15, -0.1) is 0 Å². The van der Waals surface area contributed by atoms with Crippen molar-refractivity contribution in [3.8, 4) is 5.75 Å². The molecule has 168 valence electrons. The molecular weight excluding hydrogens is 426 g/mol. The third-order valence-corrected chi connectivity index (χ3v) is 6.10. The molecule has 0 aromatic heterocycles. The maximum absolute atomic E-state index is 11.1. The van der Waals surface area contributed by atoms with Gasteiger partial charge in [-0.1, -0.05) is 23.9 Å². The van der Waals surface area contributed by atoms with Crippen molar-refractivity contribution >= 4 is 17.4 Å². The van der Waals surface area contributed by atoms with Crippen LogP contribution in [0.2, 0.25) is 0 Å². The molecule has 2 saturated heterocycles. The summed E-state index contributed by atoms with van der Waals surface area (Å²) >= 11 is 0.843. The summed E-state index contributed by atoms with van der Waals surface area (Å²) in [6, 6.07) is 5.46. The minimum Gasteiger partial charge on any atom is -0.455 e. The number of nitro groups is 1. The summed E-state index contributed by atoms with van der Waals surface area (Å²) in [4.78, 5) is 10.5. The van der Waals surface area contributed by atoms with Crippen LogP contribution in [0.1, 0.15) is 6.42 Å². The first-order chi connectivity index (χ1) is 14.2. The van der Waals surface area contributed by atoms with E-state index in [0.29, 0.717) is 0 Å². The Kier molecular flexibility index (Phi) is 7.49. The molecule has 3 rings (SSSR count). The molecule has 1 aromatic carbocycles. The average Bonchev–Trinajstić information content (AvgIpc) is 2.72. The molecule has 0 radical (unpaired) electrons. The lowest BCUT2D eigenvalue weighted by Gasteiger charge is -2.42. The van der Waals surface area contributed by atoms with Gasteiger partial charge in [0.2, 0.25) is 6.29 Å². The maximum Gasteiger partial charge on any atom is 0.311 e. The Balaban J connectivity index is 1.71. The Morgan fingerprint density at radius 2 is 1.77 bits per heavy atom. The molecular formula is C17H23NO11S. The van der Waals surface area contributed by atoms with E-state index in [1.807, 2.05) is 0 Å².